The van der Waals surface area contributed by atoms with Gasteiger partial charge in [-0.05, 0) is 32.8 Å². The van der Waals surface area contributed by atoms with Crippen molar-refractivity contribution in [3.05, 3.63) is 39.9 Å². The molecule has 1 aromatic rings. The third-order valence-corrected chi connectivity index (χ3v) is 3.11. The van der Waals surface area contributed by atoms with Gasteiger partial charge in [0.15, 0.2) is 0 Å². The Labute approximate surface area is 128 Å². The average Bonchev–Trinajstić information content (AvgIpc) is 3.20. The van der Waals surface area contributed by atoms with Gasteiger partial charge in [0.05, 0.1) is 17.6 Å². The second-order valence-corrected chi connectivity index (χ2v) is 6.25. The number of nitrogens with one attached hydrogen (secondary N) is 1. The Bertz CT molecular complexity index is 546. The van der Waals surface area contributed by atoms with E-state index in [0.717, 1.165) is 5.56 Å². The first kappa shape index (κ1) is 16.2. The minimum absolute atomic E-state index is 0.0392. The molecule has 7 nitrogen and oxygen atoms in total. The highest BCUT2D eigenvalue weighted by atomic mass is 16.6. The lowest BCUT2D eigenvalue weighted by Crippen LogP contribution is -2.43. The summed E-state index contributed by atoms with van der Waals surface area (Å²) in [4.78, 5) is 22.1. The van der Waals surface area contributed by atoms with E-state index in [9.17, 15) is 14.9 Å². The summed E-state index contributed by atoms with van der Waals surface area (Å²) in [5.74, 6) is 0. The molecule has 120 valence electrons. The van der Waals surface area contributed by atoms with Crippen molar-refractivity contribution in [2.45, 2.75) is 44.9 Å². The molecule has 1 saturated heterocycles. The van der Waals surface area contributed by atoms with Crippen molar-refractivity contribution in [3.63, 3.8) is 0 Å². The Hall–Kier alpha value is -2.15. The molecule has 1 heterocycles. The first-order valence-corrected chi connectivity index (χ1v) is 7.09. The highest BCUT2D eigenvalue weighted by Crippen LogP contribution is 2.20. The number of nitrogens with zero attached hydrogens (tertiary/aromatic N) is 1. The zero-order chi connectivity index (χ0) is 16.3. The molecule has 1 amide bonds. The van der Waals surface area contributed by atoms with E-state index in [0.29, 0.717) is 13.0 Å². The third-order valence-electron chi connectivity index (χ3n) is 3.11. The van der Waals surface area contributed by atoms with Crippen LogP contribution in [-0.4, -0.2) is 35.4 Å². The van der Waals surface area contributed by atoms with Crippen molar-refractivity contribution in [2.24, 2.45) is 0 Å². The number of hydrogen-bond acceptors (Lipinski definition) is 5. The van der Waals surface area contributed by atoms with Crippen LogP contribution in [0.3, 0.4) is 0 Å². The molecule has 1 aliphatic rings. The topological polar surface area (TPSA) is 94.0 Å². The van der Waals surface area contributed by atoms with Gasteiger partial charge in [0.1, 0.15) is 11.7 Å². The van der Waals surface area contributed by atoms with Gasteiger partial charge in [-0.2, -0.15) is 0 Å². The fourth-order valence-corrected chi connectivity index (χ4v) is 2.03. The van der Waals surface area contributed by atoms with Gasteiger partial charge in [-0.3, -0.25) is 10.1 Å². The molecule has 2 rings (SSSR count). The molecule has 0 saturated carbocycles. The molecular formula is C15H20N2O5. The second kappa shape index (κ2) is 6.31. The molecule has 7 heteroatoms. The number of epoxide rings is 1. The Morgan fingerprint density at radius 2 is 2.05 bits per heavy atom. The lowest BCUT2D eigenvalue weighted by molar-refractivity contribution is -0.384. The number of amides is 1. The number of nitro benzene ring substituents is 1. The van der Waals surface area contributed by atoms with Gasteiger partial charge in [-0.25, -0.2) is 4.79 Å². The van der Waals surface area contributed by atoms with E-state index in [1.807, 2.05) is 0 Å². The molecule has 0 aromatic heterocycles. The quantitative estimate of drug-likeness (QED) is 0.512. The van der Waals surface area contributed by atoms with Gasteiger partial charge < -0.3 is 14.8 Å². The fourth-order valence-electron chi connectivity index (χ4n) is 2.03. The van der Waals surface area contributed by atoms with Gasteiger partial charge in [0, 0.05) is 12.1 Å². The van der Waals surface area contributed by atoms with E-state index in [2.05, 4.69) is 5.32 Å². The van der Waals surface area contributed by atoms with Gasteiger partial charge in [-0.15, -0.1) is 0 Å². The van der Waals surface area contributed by atoms with E-state index in [1.54, 1.807) is 32.9 Å². The minimum atomic E-state index is -0.563. The molecule has 1 aliphatic heterocycles. The van der Waals surface area contributed by atoms with Crippen molar-refractivity contribution < 1.29 is 19.2 Å². The maximum atomic E-state index is 11.9. The summed E-state index contributed by atoms with van der Waals surface area (Å²) in [6.45, 7) is 5.98. The number of rotatable bonds is 5. The normalized spacial score (nSPS) is 18.4. The van der Waals surface area contributed by atoms with Gasteiger partial charge >= 0.3 is 6.09 Å². The SMILES string of the molecule is CC(C)(C)OC(=O)N[C@@H](Cc1ccc([N+](=O)[O-])cc1)[C@H]1CO1. The predicted molar refractivity (Wildman–Crippen MR) is 79.7 cm³/mol. The Kier molecular flexibility index (Phi) is 4.65. The number of nitro groups is 1. The maximum absolute atomic E-state index is 11.9. The molecule has 0 bridgehead atoms. The summed E-state index contributed by atoms with van der Waals surface area (Å²) in [5.41, 5.74) is 0.372. The lowest BCUT2D eigenvalue weighted by atomic mass is 10.0. The van der Waals surface area contributed by atoms with Crippen molar-refractivity contribution >= 4 is 11.8 Å². The van der Waals surface area contributed by atoms with Crippen LogP contribution in [0.1, 0.15) is 26.3 Å². The molecule has 22 heavy (non-hydrogen) atoms. The van der Waals surface area contributed by atoms with Crippen molar-refractivity contribution in [1.29, 1.82) is 0 Å². The number of alkyl carbamates (subject to hydrolysis) is 1. The maximum Gasteiger partial charge on any atom is 0.407 e. The molecular weight excluding hydrogens is 288 g/mol. The van der Waals surface area contributed by atoms with Crippen LogP contribution >= 0.6 is 0 Å². The Balaban J connectivity index is 1.97. The molecule has 0 aliphatic carbocycles. The first-order valence-electron chi connectivity index (χ1n) is 7.09. The predicted octanol–water partition coefficient (Wildman–Crippen LogP) is 2.43. The zero-order valence-corrected chi connectivity index (χ0v) is 12.9. The van der Waals surface area contributed by atoms with Crippen LogP contribution in [0.4, 0.5) is 10.5 Å². The van der Waals surface area contributed by atoms with Crippen LogP contribution in [0.15, 0.2) is 24.3 Å². The van der Waals surface area contributed by atoms with Crippen molar-refractivity contribution in [1.82, 2.24) is 5.32 Å². The molecule has 1 aromatic carbocycles. The first-order chi connectivity index (χ1) is 10.2. The van der Waals surface area contributed by atoms with Crippen LogP contribution in [0.5, 0.6) is 0 Å². The molecule has 0 spiro atoms. The van der Waals surface area contributed by atoms with Crippen LogP contribution in [-0.2, 0) is 15.9 Å². The zero-order valence-electron chi connectivity index (χ0n) is 12.9. The van der Waals surface area contributed by atoms with E-state index >= 15 is 0 Å². The number of hydrogen-bond donors (Lipinski definition) is 1. The van der Waals surface area contributed by atoms with Crippen molar-refractivity contribution in [2.75, 3.05) is 6.61 Å². The average molecular weight is 308 g/mol. The number of non-ortho nitro benzene ring substituents is 1. The van der Waals surface area contributed by atoms with E-state index < -0.39 is 16.6 Å². The largest absolute Gasteiger partial charge is 0.444 e. The molecule has 1 N–H and O–H groups in total. The van der Waals surface area contributed by atoms with E-state index in [1.165, 1.54) is 12.1 Å². The third kappa shape index (κ3) is 5.00. The number of carbonyl (C=O) groups is 1. The summed E-state index contributed by atoms with van der Waals surface area (Å²) >= 11 is 0. The molecule has 0 unspecified atom stereocenters. The smallest absolute Gasteiger partial charge is 0.407 e. The summed E-state index contributed by atoms with van der Waals surface area (Å²) in [6.07, 6.45) is -0.000313. The highest BCUT2D eigenvalue weighted by molar-refractivity contribution is 5.68. The van der Waals surface area contributed by atoms with Crippen LogP contribution in [0.25, 0.3) is 0 Å². The van der Waals surface area contributed by atoms with Gasteiger partial charge in [-0.1, -0.05) is 12.1 Å². The van der Waals surface area contributed by atoms with E-state index in [4.69, 9.17) is 9.47 Å². The van der Waals surface area contributed by atoms with Gasteiger partial charge in [0.2, 0.25) is 0 Å². The number of carbonyl (C=O) groups excluding carboxylic acids is 1. The minimum Gasteiger partial charge on any atom is -0.444 e. The summed E-state index contributed by atoms with van der Waals surface area (Å²) in [6, 6.07) is 6.06. The summed E-state index contributed by atoms with van der Waals surface area (Å²) in [5, 5.41) is 13.4. The van der Waals surface area contributed by atoms with Crippen molar-refractivity contribution in [3.8, 4) is 0 Å². The Morgan fingerprint density at radius 1 is 1.45 bits per heavy atom. The Morgan fingerprint density at radius 3 is 2.50 bits per heavy atom. The standard InChI is InChI=1S/C15H20N2O5/c1-15(2,3)22-14(18)16-12(13-9-21-13)8-10-4-6-11(7-5-10)17(19)20/h4-7,12-13H,8-9H2,1-3H3,(H,16,18)/t12-,13+/m0/s1. The van der Waals surface area contributed by atoms with E-state index in [-0.39, 0.29) is 17.8 Å². The van der Waals surface area contributed by atoms with Crippen LogP contribution < -0.4 is 5.32 Å². The highest BCUT2D eigenvalue weighted by Gasteiger charge is 2.35. The van der Waals surface area contributed by atoms with Gasteiger partial charge in [0.25, 0.3) is 5.69 Å². The summed E-state index contributed by atoms with van der Waals surface area (Å²) in [7, 11) is 0. The van der Waals surface area contributed by atoms with Crippen LogP contribution in [0.2, 0.25) is 0 Å². The molecule has 2 atom stereocenters. The van der Waals surface area contributed by atoms with Crippen LogP contribution in [0, 0.1) is 10.1 Å². The second-order valence-electron chi connectivity index (χ2n) is 6.25. The molecule has 1 fully saturated rings. The summed E-state index contributed by atoms with van der Waals surface area (Å²) < 4.78 is 10.5. The lowest BCUT2D eigenvalue weighted by Gasteiger charge is -2.23. The number of benzene rings is 1. The fraction of sp³-hybridized carbons (Fsp3) is 0.533. The number of ether oxygens (including phenoxy) is 2. The molecule has 0 radical (unpaired) electrons. The monoisotopic (exact) mass is 308 g/mol.